The molecule has 9 heteroatoms. The number of nitro groups is 1. The predicted molar refractivity (Wildman–Crippen MR) is 95.0 cm³/mol. The third-order valence-electron chi connectivity index (χ3n) is 3.17. The van der Waals surface area contributed by atoms with Crippen LogP contribution in [0.3, 0.4) is 0 Å². The number of ether oxygens (including phenoxy) is 2. The molecule has 9 nitrogen and oxygen atoms in total. The first-order valence-electron chi connectivity index (χ1n) is 7.85. The van der Waals surface area contributed by atoms with Crippen molar-refractivity contribution in [2.24, 2.45) is 5.16 Å². The maximum atomic E-state index is 12.3. The van der Waals surface area contributed by atoms with Crippen molar-refractivity contribution in [1.29, 1.82) is 0 Å². The largest absolute Gasteiger partial charge is 0.490 e. The summed E-state index contributed by atoms with van der Waals surface area (Å²) in [5.41, 5.74) is 0.594. The molecule has 0 aromatic heterocycles. The Morgan fingerprint density at radius 2 is 1.85 bits per heavy atom. The van der Waals surface area contributed by atoms with Gasteiger partial charge in [-0.3, -0.25) is 10.1 Å². The highest BCUT2D eigenvalue weighted by molar-refractivity contribution is 5.92. The van der Waals surface area contributed by atoms with Crippen LogP contribution in [0.4, 0.5) is 5.69 Å². The second-order valence-corrected chi connectivity index (χ2v) is 5.15. The first-order chi connectivity index (χ1) is 12.9. The van der Waals surface area contributed by atoms with Gasteiger partial charge in [0.25, 0.3) is 5.69 Å². The number of hydrogen-bond acceptors (Lipinski definition) is 8. The molecule has 140 valence electrons. The van der Waals surface area contributed by atoms with Crippen LogP contribution in [0.15, 0.2) is 47.6 Å². The molecule has 0 amide bonds. The number of nitro benzene ring substituents is 1. The monoisotopic (exact) mass is 372 g/mol. The average Bonchev–Trinajstić information content (AvgIpc) is 2.63. The van der Waals surface area contributed by atoms with Crippen molar-refractivity contribution in [3.05, 3.63) is 63.7 Å². The number of non-ortho nitro benzene ring substituents is 1. The zero-order valence-corrected chi connectivity index (χ0v) is 14.6. The van der Waals surface area contributed by atoms with E-state index >= 15 is 0 Å². The number of carbonyl (C=O) groups is 2. The topological polar surface area (TPSA) is 117 Å². The molecule has 0 bridgehead atoms. The highest BCUT2D eigenvalue weighted by atomic mass is 16.7. The summed E-state index contributed by atoms with van der Waals surface area (Å²) in [6, 6.07) is 9.71. The lowest BCUT2D eigenvalue weighted by atomic mass is 10.2. The summed E-state index contributed by atoms with van der Waals surface area (Å²) < 4.78 is 10.8. The Bertz CT molecular complexity index is 876. The van der Waals surface area contributed by atoms with Gasteiger partial charge in [-0.25, -0.2) is 9.59 Å². The minimum atomic E-state index is -0.688. The van der Waals surface area contributed by atoms with Gasteiger partial charge >= 0.3 is 11.9 Å². The first kappa shape index (κ1) is 19.6. The summed E-state index contributed by atoms with van der Waals surface area (Å²) >= 11 is 0. The number of rotatable bonds is 7. The fourth-order valence-electron chi connectivity index (χ4n) is 2.00. The second-order valence-electron chi connectivity index (χ2n) is 5.15. The molecule has 0 saturated carbocycles. The van der Waals surface area contributed by atoms with Crippen LogP contribution in [0.5, 0.6) is 11.5 Å². The van der Waals surface area contributed by atoms with E-state index in [1.807, 2.05) is 0 Å². The molecule has 0 heterocycles. The Balaban J connectivity index is 2.18. The summed E-state index contributed by atoms with van der Waals surface area (Å²) in [5.74, 6) is -0.776. The van der Waals surface area contributed by atoms with Crippen LogP contribution in [-0.4, -0.2) is 29.7 Å². The highest BCUT2D eigenvalue weighted by Gasteiger charge is 2.15. The van der Waals surface area contributed by atoms with Crippen molar-refractivity contribution in [2.45, 2.75) is 13.8 Å². The molecule has 0 aliphatic rings. The van der Waals surface area contributed by atoms with E-state index in [1.54, 1.807) is 19.1 Å². The number of nitrogens with zero attached hydrogens (tertiary/aromatic N) is 2. The van der Waals surface area contributed by atoms with Crippen molar-refractivity contribution < 1.29 is 28.8 Å². The van der Waals surface area contributed by atoms with Gasteiger partial charge in [0.2, 0.25) is 0 Å². The van der Waals surface area contributed by atoms with Gasteiger partial charge in [0, 0.05) is 24.6 Å². The van der Waals surface area contributed by atoms with E-state index in [0.717, 1.165) is 0 Å². The van der Waals surface area contributed by atoms with Crippen LogP contribution < -0.4 is 9.47 Å². The van der Waals surface area contributed by atoms with Crippen LogP contribution in [0.25, 0.3) is 0 Å². The number of benzene rings is 2. The van der Waals surface area contributed by atoms with Gasteiger partial charge in [0.1, 0.15) is 0 Å². The number of esters is 1. The minimum absolute atomic E-state index is 0.127. The fourth-order valence-corrected chi connectivity index (χ4v) is 2.00. The van der Waals surface area contributed by atoms with Crippen molar-refractivity contribution in [2.75, 3.05) is 6.61 Å². The van der Waals surface area contributed by atoms with Crippen LogP contribution >= 0.6 is 0 Å². The molecule has 0 radical (unpaired) electrons. The summed E-state index contributed by atoms with van der Waals surface area (Å²) in [6.07, 6.45) is 1.31. The molecule has 0 atom stereocenters. The van der Waals surface area contributed by atoms with Crippen LogP contribution in [0.2, 0.25) is 0 Å². The molecule has 0 aliphatic heterocycles. The third-order valence-corrected chi connectivity index (χ3v) is 3.17. The van der Waals surface area contributed by atoms with E-state index in [4.69, 9.17) is 9.47 Å². The normalized spacial score (nSPS) is 10.4. The van der Waals surface area contributed by atoms with Gasteiger partial charge in [0.15, 0.2) is 11.5 Å². The summed E-state index contributed by atoms with van der Waals surface area (Å²) in [6.45, 7) is 3.32. The van der Waals surface area contributed by atoms with Crippen LogP contribution in [0, 0.1) is 10.1 Å². The lowest BCUT2D eigenvalue weighted by Crippen LogP contribution is -2.10. The SMILES string of the molecule is CCOc1cc(/C=N/OC(C)=O)ccc1OC(=O)c1ccc([N+](=O)[O-])cc1. The molecule has 2 aromatic rings. The average molecular weight is 372 g/mol. The van der Waals surface area contributed by atoms with Crippen LogP contribution in [0.1, 0.15) is 29.8 Å². The van der Waals surface area contributed by atoms with Crippen LogP contribution in [-0.2, 0) is 9.63 Å². The molecule has 0 fully saturated rings. The Kier molecular flexibility index (Phi) is 6.59. The molecule has 27 heavy (non-hydrogen) atoms. The Morgan fingerprint density at radius 1 is 1.15 bits per heavy atom. The first-order valence-corrected chi connectivity index (χ1v) is 7.85. The van der Waals surface area contributed by atoms with E-state index in [2.05, 4.69) is 9.99 Å². The van der Waals surface area contributed by atoms with Gasteiger partial charge in [-0.15, -0.1) is 0 Å². The summed E-state index contributed by atoms with van der Waals surface area (Å²) in [5, 5.41) is 14.2. The van der Waals surface area contributed by atoms with E-state index in [-0.39, 0.29) is 17.0 Å². The number of hydrogen-bond donors (Lipinski definition) is 0. The van der Waals surface area contributed by atoms with Gasteiger partial charge in [-0.2, -0.15) is 0 Å². The van der Waals surface area contributed by atoms with E-state index < -0.39 is 16.9 Å². The number of oxime groups is 1. The van der Waals surface area contributed by atoms with Gasteiger partial charge in [-0.05, 0) is 37.3 Å². The molecule has 2 rings (SSSR count). The Morgan fingerprint density at radius 3 is 2.44 bits per heavy atom. The summed E-state index contributed by atoms with van der Waals surface area (Å²) in [7, 11) is 0. The highest BCUT2D eigenvalue weighted by Crippen LogP contribution is 2.29. The second kappa shape index (κ2) is 9.09. The zero-order chi connectivity index (χ0) is 19.8. The molecule has 0 unspecified atom stereocenters. The van der Waals surface area contributed by atoms with E-state index in [0.29, 0.717) is 17.9 Å². The number of carbonyl (C=O) groups excluding carboxylic acids is 2. The summed E-state index contributed by atoms with van der Waals surface area (Å²) in [4.78, 5) is 37.6. The van der Waals surface area contributed by atoms with Crippen molar-refractivity contribution >= 4 is 23.8 Å². The third kappa shape index (κ3) is 5.63. The molecular weight excluding hydrogens is 356 g/mol. The van der Waals surface area contributed by atoms with Crippen molar-refractivity contribution in [3.63, 3.8) is 0 Å². The van der Waals surface area contributed by atoms with Crippen molar-refractivity contribution in [1.82, 2.24) is 0 Å². The molecule has 2 aromatic carbocycles. The molecule has 0 aliphatic carbocycles. The molecule has 0 N–H and O–H groups in total. The predicted octanol–water partition coefficient (Wildman–Crippen LogP) is 3.11. The zero-order valence-electron chi connectivity index (χ0n) is 14.6. The quantitative estimate of drug-likeness (QED) is 0.183. The maximum Gasteiger partial charge on any atom is 0.343 e. The Labute approximate surface area is 154 Å². The van der Waals surface area contributed by atoms with Gasteiger partial charge in [0.05, 0.1) is 23.3 Å². The smallest absolute Gasteiger partial charge is 0.343 e. The lowest BCUT2D eigenvalue weighted by Gasteiger charge is -2.11. The standard InChI is InChI=1S/C18H16N2O7/c1-3-25-17-10-13(11-19-27-12(2)21)4-9-16(17)26-18(22)14-5-7-15(8-6-14)20(23)24/h4-11H,3H2,1-2H3/b19-11+. The molecular formula is C18H16N2O7. The molecule has 0 spiro atoms. The minimum Gasteiger partial charge on any atom is -0.490 e. The molecule has 0 saturated heterocycles. The van der Waals surface area contributed by atoms with Gasteiger partial charge < -0.3 is 14.3 Å². The maximum absolute atomic E-state index is 12.3. The lowest BCUT2D eigenvalue weighted by molar-refractivity contribution is -0.384. The van der Waals surface area contributed by atoms with E-state index in [9.17, 15) is 19.7 Å². The van der Waals surface area contributed by atoms with Gasteiger partial charge in [-0.1, -0.05) is 5.16 Å². The fraction of sp³-hybridized carbons (Fsp3) is 0.167. The van der Waals surface area contributed by atoms with E-state index in [1.165, 1.54) is 43.5 Å². The van der Waals surface area contributed by atoms with Crippen molar-refractivity contribution in [3.8, 4) is 11.5 Å². The Hall–Kier alpha value is -3.75.